The first-order valence-corrected chi connectivity index (χ1v) is 9.35. The normalized spacial score (nSPS) is 17.4. The Morgan fingerprint density at radius 2 is 2.24 bits per heavy atom. The number of benzene rings is 1. The molecule has 7 heteroatoms. The summed E-state index contributed by atoms with van der Waals surface area (Å²) in [5.74, 6) is -0.166. The molecule has 1 aliphatic heterocycles. The van der Waals surface area contributed by atoms with Gasteiger partial charge in [0.1, 0.15) is 0 Å². The van der Waals surface area contributed by atoms with Gasteiger partial charge in [-0.15, -0.1) is 11.3 Å². The third-order valence-electron chi connectivity index (χ3n) is 4.57. The van der Waals surface area contributed by atoms with Gasteiger partial charge in [-0.1, -0.05) is 11.6 Å². The lowest BCUT2D eigenvalue weighted by molar-refractivity contribution is 0.0861. The van der Waals surface area contributed by atoms with Gasteiger partial charge in [-0.3, -0.25) is 9.59 Å². The molecule has 0 aliphatic carbocycles. The van der Waals surface area contributed by atoms with E-state index in [1.54, 1.807) is 29.8 Å². The van der Waals surface area contributed by atoms with Crippen molar-refractivity contribution in [1.29, 1.82) is 0 Å². The van der Waals surface area contributed by atoms with Gasteiger partial charge in [0.25, 0.3) is 11.5 Å². The van der Waals surface area contributed by atoms with E-state index in [1.807, 2.05) is 6.07 Å². The van der Waals surface area contributed by atoms with Gasteiger partial charge in [-0.25, -0.2) is 0 Å². The van der Waals surface area contributed by atoms with Crippen LogP contribution in [-0.2, 0) is 11.8 Å². The molecule has 25 heavy (non-hydrogen) atoms. The molecule has 0 saturated carbocycles. The molecule has 3 heterocycles. The first-order chi connectivity index (χ1) is 12.0. The molecule has 1 amide bonds. The maximum atomic E-state index is 12.6. The highest BCUT2D eigenvalue weighted by molar-refractivity contribution is 7.21. The minimum atomic E-state index is -0.166. The molecular weight excluding hydrogens is 360 g/mol. The lowest BCUT2D eigenvalue weighted by Gasteiger charge is -2.09. The van der Waals surface area contributed by atoms with Crippen LogP contribution in [0.25, 0.3) is 21.0 Å². The fraction of sp³-hybridized carbons (Fsp3) is 0.333. The second-order valence-corrected chi connectivity index (χ2v) is 7.71. The minimum Gasteiger partial charge on any atom is -0.376 e. The third-order valence-corrected chi connectivity index (χ3v) is 5.97. The largest absolute Gasteiger partial charge is 0.376 e. The standard InChI is InChI=1S/C18H17ClN2O3S/c1-21-14-7-10(19)4-5-12(14)16-13(18(21)23)8-15(25-16)17(22)20-9-11-3-2-6-24-11/h4-5,7-8,11H,2-3,6,9H2,1H3,(H,20,22)/t11-/m0/s1. The number of hydrogen-bond acceptors (Lipinski definition) is 4. The molecule has 1 fully saturated rings. The van der Waals surface area contributed by atoms with Crippen LogP contribution in [0.3, 0.4) is 0 Å². The van der Waals surface area contributed by atoms with Crippen LogP contribution in [0.15, 0.2) is 29.1 Å². The van der Waals surface area contributed by atoms with Gasteiger partial charge in [-0.2, -0.15) is 0 Å². The number of ether oxygens (including phenoxy) is 1. The maximum Gasteiger partial charge on any atom is 0.261 e. The maximum absolute atomic E-state index is 12.6. The number of pyridine rings is 1. The molecule has 5 nitrogen and oxygen atoms in total. The average molecular weight is 377 g/mol. The van der Waals surface area contributed by atoms with Crippen molar-refractivity contribution in [3.8, 4) is 0 Å². The minimum absolute atomic E-state index is 0.0918. The summed E-state index contributed by atoms with van der Waals surface area (Å²) in [5, 5.41) is 4.97. The predicted octanol–water partition coefficient (Wildman–Crippen LogP) is 3.32. The second kappa shape index (κ2) is 6.44. The summed E-state index contributed by atoms with van der Waals surface area (Å²) in [6.45, 7) is 1.26. The number of aryl methyl sites for hydroxylation is 1. The molecule has 130 valence electrons. The molecule has 0 spiro atoms. The van der Waals surface area contributed by atoms with Crippen molar-refractivity contribution in [3.05, 3.63) is 44.5 Å². The Labute approximate surface area is 153 Å². The lowest BCUT2D eigenvalue weighted by Crippen LogP contribution is -2.31. The molecule has 0 radical (unpaired) electrons. The Kier molecular flexibility index (Phi) is 4.27. The van der Waals surface area contributed by atoms with Gasteiger partial charge in [0, 0.05) is 35.3 Å². The van der Waals surface area contributed by atoms with Crippen LogP contribution in [0.4, 0.5) is 0 Å². The number of fused-ring (bicyclic) bond motifs is 3. The van der Waals surface area contributed by atoms with E-state index in [2.05, 4.69) is 5.32 Å². The lowest BCUT2D eigenvalue weighted by atomic mass is 10.1. The predicted molar refractivity (Wildman–Crippen MR) is 101 cm³/mol. The highest BCUT2D eigenvalue weighted by Crippen LogP contribution is 2.31. The van der Waals surface area contributed by atoms with E-state index in [0.29, 0.717) is 21.8 Å². The molecule has 2 aromatic heterocycles. The third kappa shape index (κ3) is 2.94. The Morgan fingerprint density at radius 1 is 1.40 bits per heavy atom. The second-order valence-electron chi connectivity index (χ2n) is 6.22. The molecular formula is C18H17ClN2O3S. The van der Waals surface area contributed by atoms with Crippen LogP contribution in [0, 0.1) is 0 Å². The number of carbonyl (C=O) groups excluding carboxylic acids is 1. The van der Waals surface area contributed by atoms with E-state index in [9.17, 15) is 9.59 Å². The van der Waals surface area contributed by atoms with Gasteiger partial charge in [0.2, 0.25) is 0 Å². The summed E-state index contributed by atoms with van der Waals surface area (Å²) in [5.41, 5.74) is 0.636. The van der Waals surface area contributed by atoms with Crippen LogP contribution >= 0.6 is 22.9 Å². The summed E-state index contributed by atoms with van der Waals surface area (Å²) in [4.78, 5) is 25.6. The van der Waals surface area contributed by atoms with Crippen LogP contribution < -0.4 is 10.9 Å². The average Bonchev–Trinajstić information content (AvgIpc) is 3.27. The zero-order valence-electron chi connectivity index (χ0n) is 13.7. The molecule has 1 saturated heterocycles. The fourth-order valence-corrected chi connectivity index (χ4v) is 4.49. The SMILES string of the molecule is Cn1c(=O)c2cc(C(=O)NC[C@@H]3CCCO3)sc2c2ccc(Cl)cc21. The Morgan fingerprint density at radius 3 is 3.00 bits per heavy atom. The molecule has 4 rings (SSSR count). The highest BCUT2D eigenvalue weighted by Gasteiger charge is 2.19. The number of thiophene rings is 1. The zero-order chi connectivity index (χ0) is 17.6. The Balaban J connectivity index is 1.74. The number of nitrogens with zero attached hydrogens (tertiary/aromatic N) is 1. The Hall–Kier alpha value is -1.89. The van der Waals surface area contributed by atoms with Gasteiger partial charge in [0.05, 0.1) is 21.9 Å². The van der Waals surface area contributed by atoms with Crippen LogP contribution in [0.1, 0.15) is 22.5 Å². The van der Waals surface area contributed by atoms with E-state index >= 15 is 0 Å². The van der Waals surface area contributed by atoms with Crippen molar-refractivity contribution in [3.63, 3.8) is 0 Å². The van der Waals surface area contributed by atoms with Crippen molar-refractivity contribution in [2.75, 3.05) is 13.2 Å². The number of nitrogens with one attached hydrogen (secondary N) is 1. The van der Waals surface area contributed by atoms with Gasteiger partial charge < -0.3 is 14.6 Å². The first-order valence-electron chi connectivity index (χ1n) is 8.16. The fourth-order valence-electron chi connectivity index (χ4n) is 3.23. The molecule has 1 atom stereocenters. The monoisotopic (exact) mass is 376 g/mol. The summed E-state index contributed by atoms with van der Waals surface area (Å²) in [6.07, 6.45) is 2.10. The van der Waals surface area contributed by atoms with Crippen LogP contribution in [0.5, 0.6) is 0 Å². The number of halogens is 1. The van der Waals surface area contributed by atoms with Gasteiger partial charge >= 0.3 is 0 Å². The number of rotatable bonds is 3. The number of hydrogen-bond donors (Lipinski definition) is 1. The number of amides is 1. The first kappa shape index (κ1) is 16.6. The van der Waals surface area contributed by atoms with E-state index in [4.69, 9.17) is 16.3 Å². The molecule has 0 unspecified atom stereocenters. The highest BCUT2D eigenvalue weighted by atomic mass is 35.5. The molecule has 0 bridgehead atoms. The molecule has 1 aliphatic rings. The van der Waals surface area contributed by atoms with E-state index in [0.717, 1.165) is 35.1 Å². The molecule has 1 N–H and O–H groups in total. The van der Waals surface area contributed by atoms with Crippen molar-refractivity contribution in [1.82, 2.24) is 9.88 Å². The van der Waals surface area contributed by atoms with Gasteiger partial charge in [0.15, 0.2) is 0 Å². The van der Waals surface area contributed by atoms with E-state index in [1.165, 1.54) is 11.3 Å². The van der Waals surface area contributed by atoms with Crippen molar-refractivity contribution >= 4 is 49.8 Å². The van der Waals surface area contributed by atoms with Crippen molar-refractivity contribution in [2.24, 2.45) is 7.05 Å². The quantitative estimate of drug-likeness (QED) is 0.762. The molecule has 3 aromatic rings. The van der Waals surface area contributed by atoms with Crippen LogP contribution in [-0.4, -0.2) is 29.7 Å². The van der Waals surface area contributed by atoms with Crippen molar-refractivity contribution < 1.29 is 9.53 Å². The van der Waals surface area contributed by atoms with Crippen molar-refractivity contribution in [2.45, 2.75) is 18.9 Å². The van der Waals surface area contributed by atoms with E-state index < -0.39 is 0 Å². The Bertz CT molecular complexity index is 1030. The molecule has 1 aromatic carbocycles. The van der Waals surface area contributed by atoms with Gasteiger partial charge in [-0.05, 0) is 37.1 Å². The summed E-state index contributed by atoms with van der Waals surface area (Å²) >= 11 is 7.40. The van der Waals surface area contributed by atoms with Crippen LogP contribution in [0.2, 0.25) is 5.02 Å². The summed E-state index contributed by atoms with van der Waals surface area (Å²) in [6, 6.07) is 7.14. The zero-order valence-corrected chi connectivity index (χ0v) is 15.2. The van der Waals surface area contributed by atoms with E-state index in [-0.39, 0.29) is 17.6 Å². The summed E-state index contributed by atoms with van der Waals surface area (Å²) < 4.78 is 7.92. The number of carbonyl (C=O) groups is 1. The topological polar surface area (TPSA) is 60.3 Å². The summed E-state index contributed by atoms with van der Waals surface area (Å²) in [7, 11) is 1.72. The smallest absolute Gasteiger partial charge is 0.261 e. The number of aromatic nitrogens is 1.